The fourth-order valence-corrected chi connectivity index (χ4v) is 2.66. The molecule has 0 aliphatic carbocycles. The fraction of sp³-hybridized carbons (Fsp3) is 0.150. The van der Waals surface area contributed by atoms with Gasteiger partial charge in [0.2, 0.25) is 0 Å². The van der Waals surface area contributed by atoms with Crippen molar-refractivity contribution in [1.29, 1.82) is 0 Å². The predicted molar refractivity (Wildman–Crippen MR) is 97.4 cm³/mol. The van der Waals surface area contributed by atoms with Gasteiger partial charge in [-0.25, -0.2) is 0 Å². The molecule has 2 aromatic carbocycles. The van der Waals surface area contributed by atoms with E-state index in [9.17, 15) is 0 Å². The standard InChI is InChI=1S/C20H20N2O2/c1-13-18(14-4-7-17(21)8-5-14)10-16(12-22-13)15-6-9-19(23-2)20(11-15)24-3/h4-12H,21H2,1-3H3. The summed E-state index contributed by atoms with van der Waals surface area (Å²) < 4.78 is 10.7. The zero-order valence-corrected chi connectivity index (χ0v) is 14.0. The number of ether oxygens (including phenoxy) is 2. The maximum absolute atomic E-state index is 5.78. The number of hydrogen-bond donors (Lipinski definition) is 1. The van der Waals surface area contributed by atoms with Crippen LogP contribution in [0.3, 0.4) is 0 Å². The van der Waals surface area contributed by atoms with Crippen LogP contribution >= 0.6 is 0 Å². The molecule has 3 rings (SSSR count). The summed E-state index contributed by atoms with van der Waals surface area (Å²) >= 11 is 0. The highest BCUT2D eigenvalue weighted by Gasteiger charge is 2.09. The number of anilines is 1. The lowest BCUT2D eigenvalue weighted by Gasteiger charge is -2.12. The van der Waals surface area contributed by atoms with E-state index in [0.29, 0.717) is 11.5 Å². The topological polar surface area (TPSA) is 57.4 Å². The van der Waals surface area contributed by atoms with Gasteiger partial charge in [-0.15, -0.1) is 0 Å². The van der Waals surface area contributed by atoms with Gasteiger partial charge in [-0.05, 0) is 48.4 Å². The van der Waals surface area contributed by atoms with Crippen LogP contribution in [0.15, 0.2) is 54.7 Å². The molecule has 0 unspecified atom stereocenters. The van der Waals surface area contributed by atoms with Crippen molar-refractivity contribution in [1.82, 2.24) is 4.98 Å². The van der Waals surface area contributed by atoms with Crippen LogP contribution in [0.1, 0.15) is 5.69 Å². The smallest absolute Gasteiger partial charge is 0.161 e. The Morgan fingerprint density at radius 1 is 0.792 bits per heavy atom. The summed E-state index contributed by atoms with van der Waals surface area (Å²) in [5, 5.41) is 0. The number of nitrogens with zero attached hydrogens (tertiary/aromatic N) is 1. The second-order valence-corrected chi connectivity index (χ2v) is 5.55. The third-order valence-electron chi connectivity index (χ3n) is 4.03. The maximum Gasteiger partial charge on any atom is 0.161 e. The van der Waals surface area contributed by atoms with Gasteiger partial charge < -0.3 is 15.2 Å². The van der Waals surface area contributed by atoms with Crippen molar-refractivity contribution in [3.8, 4) is 33.8 Å². The molecule has 1 heterocycles. The minimum Gasteiger partial charge on any atom is -0.493 e. The molecule has 0 aliphatic heterocycles. The number of methoxy groups -OCH3 is 2. The molecule has 24 heavy (non-hydrogen) atoms. The molecular formula is C20H20N2O2. The van der Waals surface area contributed by atoms with Gasteiger partial charge in [0.1, 0.15) is 0 Å². The van der Waals surface area contributed by atoms with Gasteiger partial charge in [-0.2, -0.15) is 0 Å². The van der Waals surface area contributed by atoms with Crippen molar-refractivity contribution >= 4 is 5.69 Å². The minimum atomic E-state index is 0.699. The summed E-state index contributed by atoms with van der Waals surface area (Å²) in [7, 11) is 3.26. The van der Waals surface area contributed by atoms with Crippen LogP contribution < -0.4 is 15.2 Å². The lowest BCUT2D eigenvalue weighted by molar-refractivity contribution is 0.355. The first-order valence-corrected chi connectivity index (χ1v) is 7.67. The first-order chi connectivity index (χ1) is 11.6. The van der Waals surface area contributed by atoms with Gasteiger partial charge in [0.05, 0.1) is 14.2 Å². The largest absolute Gasteiger partial charge is 0.493 e. The van der Waals surface area contributed by atoms with Crippen LogP contribution in [0.25, 0.3) is 22.3 Å². The monoisotopic (exact) mass is 320 g/mol. The molecule has 122 valence electrons. The molecule has 4 heteroatoms. The van der Waals surface area contributed by atoms with Crippen molar-refractivity contribution < 1.29 is 9.47 Å². The van der Waals surface area contributed by atoms with E-state index >= 15 is 0 Å². The molecule has 0 bridgehead atoms. The zero-order valence-electron chi connectivity index (χ0n) is 14.0. The normalized spacial score (nSPS) is 10.5. The summed E-state index contributed by atoms with van der Waals surface area (Å²) in [6.07, 6.45) is 1.87. The van der Waals surface area contributed by atoms with Crippen LogP contribution in [0.4, 0.5) is 5.69 Å². The third kappa shape index (κ3) is 3.04. The van der Waals surface area contributed by atoms with Gasteiger partial charge in [0, 0.05) is 28.7 Å². The number of nitrogen functional groups attached to an aromatic ring is 1. The van der Waals surface area contributed by atoms with E-state index in [2.05, 4.69) is 11.1 Å². The average Bonchev–Trinajstić information content (AvgIpc) is 2.62. The molecular weight excluding hydrogens is 300 g/mol. The first kappa shape index (κ1) is 15.9. The second kappa shape index (κ2) is 6.62. The fourth-order valence-electron chi connectivity index (χ4n) is 2.66. The molecule has 1 aromatic heterocycles. The van der Waals surface area contributed by atoms with E-state index in [0.717, 1.165) is 33.6 Å². The van der Waals surface area contributed by atoms with Gasteiger partial charge in [0.15, 0.2) is 11.5 Å². The Morgan fingerprint density at radius 3 is 2.12 bits per heavy atom. The van der Waals surface area contributed by atoms with Gasteiger partial charge >= 0.3 is 0 Å². The molecule has 0 aliphatic rings. The number of nitrogens with two attached hydrogens (primary N) is 1. The second-order valence-electron chi connectivity index (χ2n) is 5.55. The molecule has 0 fully saturated rings. The Morgan fingerprint density at radius 2 is 1.46 bits per heavy atom. The zero-order chi connectivity index (χ0) is 17.1. The molecule has 0 amide bonds. The summed E-state index contributed by atoms with van der Waals surface area (Å²) in [6, 6.07) is 15.8. The number of aryl methyl sites for hydroxylation is 1. The van der Waals surface area contributed by atoms with Gasteiger partial charge in [-0.3, -0.25) is 4.98 Å². The quantitative estimate of drug-likeness (QED) is 0.727. The van der Waals surface area contributed by atoms with Crippen molar-refractivity contribution in [2.75, 3.05) is 20.0 Å². The van der Waals surface area contributed by atoms with E-state index < -0.39 is 0 Å². The van der Waals surface area contributed by atoms with Crippen LogP contribution in [0.2, 0.25) is 0 Å². The Labute approximate surface area is 141 Å². The Kier molecular flexibility index (Phi) is 4.38. The molecule has 0 spiro atoms. The summed E-state index contributed by atoms with van der Waals surface area (Å²) in [6.45, 7) is 2.00. The first-order valence-electron chi connectivity index (χ1n) is 7.67. The maximum atomic E-state index is 5.78. The number of rotatable bonds is 4. The Balaban J connectivity index is 2.07. The molecule has 3 aromatic rings. The SMILES string of the molecule is COc1ccc(-c2cnc(C)c(-c3ccc(N)cc3)c2)cc1OC. The van der Waals surface area contributed by atoms with E-state index in [4.69, 9.17) is 15.2 Å². The van der Waals surface area contributed by atoms with Gasteiger partial charge in [-0.1, -0.05) is 18.2 Å². The molecule has 0 saturated carbocycles. The van der Waals surface area contributed by atoms with E-state index in [-0.39, 0.29) is 0 Å². The Hall–Kier alpha value is -3.01. The Bertz CT molecular complexity index is 858. The van der Waals surface area contributed by atoms with Crippen LogP contribution in [0.5, 0.6) is 11.5 Å². The molecule has 4 nitrogen and oxygen atoms in total. The van der Waals surface area contributed by atoms with E-state index in [1.54, 1.807) is 14.2 Å². The van der Waals surface area contributed by atoms with Crippen molar-refractivity contribution in [2.45, 2.75) is 6.92 Å². The lowest BCUT2D eigenvalue weighted by atomic mass is 9.99. The van der Waals surface area contributed by atoms with E-state index in [1.807, 2.05) is 55.6 Å². The molecule has 0 atom stereocenters. The summed E-state index contributed by atoms with van der Waals surface area (Å²) in [5.41, 5.74) is 11.7. The van der Waals surface area contributed by atoms with Crippen LogP contribution in [0, 0.1) is 6.92 Å². The number of benzene rings is 2. The molecule has 0 radical (unpaired) electrons. The molecule has 0 saturated heterocycles. The highest BCUT2D eigenvalue weighted by atomic mass is 16.5. The van der Waals surface area contributed by atoms with E-state index in [1.165, 1.54) is 0 Å². The average molecular weight is 320 g/mol. The van der Waals surface area contributed by atoms with Crippen molar-refractivity contribution in [3.05, 3.63) is 60.4 Å². The van der Waals surface area contributed by atoms with Gasteiger partial charge in [0.25, 0.3) is 0 Å². The number of aromatic nitrogens is 1. The molecule has 2 N–H and O–H groups in total. The highest BCUT2D eigenvalue weighted by molar-refractivity contribution is 5.75. The predicted octanol–water partition coefficient (Wildman–Crippen LogP) is 4.32. The third-order valence-corrected chi connectivity index (χ3v) is 4.03. The van der Waals surface area contributed by atoms with Crippen LogP contribution in [-0.2, 0) is 0 Å². The lowest BCUT2D eigenvalue weighted by Crippen LogP contribution is -1.93. The van der Waals surface area contributed by atoms with Crippen molar-refractivity contribution in [3.63, 3.8) is 0 Å². The summed E-state index contributed by atoms with van der Waals surface area (Å²) in [4.78, 5) is 4.55. The van der Waals surface area contributed by atoms with Crippen LogP contribution in [-0.4, -0.2) is 19.2 Å². The number of pyridine rings is 1. The number of hydrogen-bond acceptors (Lipinski definition) is 4. The van der Waals surface area contributed by atoms with Crippen molar-refractivity contribution in [2.24, 2.45) is 0 Å². The highest BCUT2D eigenvalue weighted by Crippen LogP contribution is 2.34. The summed E-state index contributed by atoms with van der Waals surface area (Å²) in [5.74, 6) is 1.41. The minimum absolute atomic E-state index is 0.699.